The quantitative estimate of drug-likeness (QED) is 0.0919. The maximum absolute atomic E-state index is 13.6. The molecule has 256 valence electrons. The second kappa shape index (κ2) is 14.9. The summed E-state index contributed by atoms with van der Waals surface area (Å²) >= 11 is 1.05. The Kier molecular flexibility index (Phi) is 13.0. The Morgan fingerprint density at radius 3 is 2.27 bits per heavy atom. The summed E-state index contributed by atoms with van der Waals surface area (Å²) in [6, 6.07) is 2.28. The Morgan fingerprint density at radius 2 is 1.73 bits per heavy atom. The molecule has 1 aromatic carbocycles. The number of halogens is 3. The largest absolute Gasteiger partial charge is 0.459 e. The zero-order chi connectivity index (χ0) is 34.6. The molecule has 6 nitrogen and oxygen atoms in total. The Labute approximate surface area is 273 Å². The first-order chi connectivity index (χ1) is 20.5. The van der Waals surface area contributed by atoms with Crippen molar-refractivity contribution in [1.82, 2.24) is 4.31 Å². The van der Waals surface area contributed by atoms with Crippen LogP contribution < -0.4 is 0 Å². The average molecular weight is 675 g/mol. The third-order valence-corrected chi connectivity index (χ3v) is 11.4. The van der Waals surface area contributed by atoms with Gasteiger partial charge in [-0.2, -0.15) is 17.5 Å². The van der Waals surface area contributed by atoms with E-state index in [4.69, 9.17) is 10.1 Å². The molecule has 0 amide bonds. The molecule has 0 spiro atoms. The van der Waals surface area contributed by atoms with Gasteiger partial charge in [-0.05, 0) is 114 Å². The van der Waals surface area contributed by atoms with Gasteiger partial charge in [-0.15, -0.1) is 11.8 Å². The van der Waals surface area contributed by atoms with Gasteiger partial charge in [-0.25, -0.2) is 8.42 Å². The molecule has 0 heterocycles. The number of nitrogens with one attached hydrogen (secondary N) is 1. The Bertz CT molecular complexity index is 1350. The minimum absolute atomic E-state index is 0.0244. The van der Waals surface area contributed by atoms with Gasteiger partial charge >= 0.3 is 12.1 Å². The molecule has 2 rings (SSSR count). The number of thioether (sulfide) groups is 1. The van der Waals surface area contributed by atoms with Gasteiger partial charge in [0, 0.05) is 18.2 Å². The van der Waals surface area contributed by atoms with E-state index in [9.17, 15) is 26.4 Å². The fraction of sp³-hybridized carbons (Fsp3) is 0.706. The molecule has 0 bridgehead atoms. The van der Waals surface area contributed by atoms with Crippen LogP contribution in [0.5, 0.6) is 0 Å². The number of nitrogens with zero attached hydrogens (tertiary/aromatic N) is 1. The second-order valence-corrected chi connectivity index (χ2v) is 17.7. The highest BCUT2D eigenvalue weighted by atomic mass is 32.2. The minimum atomic E-state index is -4.68. The Morgan fingerprint density at radius 1 is 1.11 bits per heavy atom. The molecular formula is C34H53F3N2O4S2. The summed E-state index contributed by atoms with van der Waals surface area (Å²) in [6.45, 7) is 16.2. The molecule has 2 unspecified atom stereocenters. The highest BCUT2D eigenvalue weighted by Crippen LogP contribution is 2.39. The molecule has 1 aromatic rings. The zero-order valence-electron chi connectivity index (χ0n) is 28.7. The van der Waals surface area contributed by atoms with Crippen LogP contribution in [0.4, 0.5) is 13.2 Å². The number of hydrogen-bond acceptors (Lipinski definition) is 6. The van der Waals surface area contributed by atoms with Gasteiger partial charge in [0.05, 0.1) is 21.9 Å². The Balaban J connectivity index is 2.14. The molecule has 0 aliphatic heterocycles. The van der Waals surface area contributed by atoms with Crippen molar-refractivity contribution >= 4 is 34.0 Å². The molecule has 1 aliphatic rings. The summed E-state index contributed by atoms with van der Waals surface area (Å²) in [5, 5.41) is 8.14. The smallest absolute Gasteiger partial charge is 0.416 e. The van der Waals surface area contributed by atoms with Crippen LogP contribution in [0.1, 0.15) is 112 Å². The number of alkyl halides is 3. The second-order valence-electron chi connectivity index (χ2n) is 14.8. The van der Waals surface area contributed by atoms with Crippen LogP contribution in [0.2, 0.25) is 0 Å². The number of hydrogen-bond donors (Lipinski definition) is 1. The highest BCUT2D eigenvalue weighted by Gasteiger charge is 2.40. The van der Waals surface area contributed by atoms with E-state index >= 15 is 0 Å². The topological polar surface area (TPSA) is 87.5 Å². The SMILES string of the molecule is CSc1cc(C(F)(F)F)cc(S(=O)(=O)N(C)C2CCCC(CCCCC(C)C(C)(C)C(=O)OC(C)(C)CC(C)(C)C)=C2C=N)c1. The normalized spacial score (nSPS) is 17.9. The first-order valence-electron chi connectivity index (χ1n) is 15.7. The van der Waals surface area contributed by atoms with Gasteiger partial charge in [0.25, 0.3) is 0 Å². The lowest BCUT2D eigenvalue weighted by Gasteiger charge is -2.37. The zero-order valence-corrected chi connectivity index (χ0v) is 30.3. The fourth-order valence-corrected chi connectivity index (χ4v) is 8.27. The summed E-state index contributed by atoms with van der Waals surface area (Å²) in [5.41, 5.74) is -0.599. The molecular weight excluding hydrogens is 622 g/mol. The average Bonchev–Trinajstić information content (AvgIpc) is 2.91. The van der Waals surface area contributed by atoms with E-state index in [1.807, 2.05) is 27.7 Å². The van der Waals surface area contributed by atoms with Gasteiger partial charge < -0.3 is 10.1 Å². The van der Waals surface area contributed by atoms with Crippen LogP contribution in [0.3, 0.4) is 0 Å². The van der Waals surface area contributed by atoms with Crippen molar-refractivity contribution in [2.45, 2.75) is 134 Å². The summed E-state index contributed by atoms with van der Waals surface area (Å²) in [5.74, 6) is -0.136. The summed E-state index contributed by atoms with van der Waals surface area (Å²) in [7, 11) is -2.88. The van der Waals surface area contributed by atoms with E-state index < -0.39 is 43.7 Å². The van der Waals surface area contributed by atoms with Gasteiger partial charge in [0.15, 0.2) is 0 Å². The third-order valence-electron chi connectivity index (χ3n) is 8.89. The van der Waals surface area contributed by atoms with E-state index in [0.29, 0.717) is 24.5 Å². The molecule has 0 saturated heterocycles. The lowest BCUT2D eigenvalue weighted by molar-refractivity contribution is -0.172. The van der Waals surface area contributed by atoms with Crippen LogP contribution in [-0.2, 0) is 25.7 Å². The number of rotatable bonds is 14. The number of likely N-dealkylation sites (N-methyl/N-ethyl adjacent to an activating group) is 1. The van der Waals surface area contributed by atoms with E-state index in [0.717, 1.165) is 66.2 Å². The summed E-state index contributed by atoms with van der Waals surface area (Å²) in [6.07, 6.45) is 3.96. The van der Waals surface area contributed by atoms with Gasteiger partial charge in [0.1, 0.15) is 5.60 Å². The molecule has 0 aromatic heterocycles. The maximum atomic E-state index is 13.6. The number of sulfonamides is 1. The highest BCUT2D eigenvalue weighted by molar-refractivity contribution is 7.98. The van der Waals surface area contributed by atoms with Gasteiger partial charge in [0.2, 0.25) is 10.0 Å². The summed E-state index contributed by atoms with van der Waals surface area (Å²) < 4.78 is 74.9. The molecule has 0 fully saturated rings. The van der Waals surface area contributed by atoms with Crippen molar-refractivity contribution in [2.75, 3.05) is 13.3 Å². The Hall–Kier alpha value is -1.85. The number of benzene rings is 1. The first kappa shape index (κ1) is 39.3. The van der Waals surface area contributed by atoms with Crippen molar-refractivity contribution in [1.29, 1.82) is 5.41 Å². The number of carbonyl (C=O) groups excluding carboxylic acids is 1. The number of esters is 1. The molecule has 1 aliphatic carbocycles. The molecule has 0 radical (unpaired) electrons. The van der Waals surface area contributed by atoms with E-state index in [1.54, 1.807) is 6.26 Å². The van der Waals surface area contributed by atoms with Crippen LogP contribution in [0, 0.1) is 22.2 Å². The lowest BCUT2D eigenvalue weighted by atomic mass is 9.76. The number of carbonyl (C=O) groups is 1. The maximum Gasteiger partial charge on any atom is 0.416 e. The lowest BCUT2D eigenvalue weighted by Crippen LogP contribution is -2.41. The van der Waals surface area contributed by atoms with Crippen LogP contribution in [-0.4, -0.2) is 49.9 Å². The minimum Gasteiger partial charge on any atom is -0.459 e. The predicted molar refractivity (Wildman–Crippen MR) is 177 cm³/mol. The standard InChI is InChI=1S/C34H53F3N2O4S2/c1-23(33(7,8)30(40)43-32(5,6)22-31(2,3)4)14-11-12-15-24-16-13-17-29(28(24)21-38)39(9)45(41,42)27-19-25(34(35,36)37)18-26(20-27)44-10/h18-21,23,29,38H,11-17,22H2,1-10H3. The van der Waals surface area contributed by atoms with Gasteiger partial charge in [-0.3, -0.25) is 4.79 Å². The predicted octanol–water partition coefficient (Wildman–Crippen LogP) is 9.53. The fourth-order valence-electron chi connectivity index (χ4n) is 6.27. The number of allylic oxidation sites excluding steroid dienone is 1. The van der Waals surface area contributed by atoms with E-state index in [2.05, 4.69) is 27.7 Å². The monoisotopic (exact) mass is 674 g/mol. The van der Waals surface area contributed by atoms with Crippen molar-refractivity contribution in [2.24, 2.45) is 16.7 Å². The van der Waals surface area contributed by atoms with E-state index in [1.165, 1.54) is 19.3 Å². The van der Waals surface area contributed by atoms with E-state index in [-0.39, 0.29) is 22.2 Å². The number of unbranched alkanes of at least 4 members (excludes halogenated alkanes) is 1. The van der Waals surface area contributed by atoms with Crippen molar-refractivity contribution in [3.05, 3.63) is 34.9 Å². The molecule has 0 saturated carbocycles. The molecule has 1 N–H and O–H groups in total. The van der Waals surface area contributed by atoms with Crippen LogP contribution >= 0.6 is 11.8 Å². The van der Waals surface area contributed by atoms with Crippen molar-refractivity contribution in [3.63, 3.8) is 0 Å². The van der Waals surface area contributed by atoms with Gasteiger partial charge in [-0.1, -0.05) is 39.7 Å². The molecule has 11 heteroatoms. The molecule has 2 atom stereocenters. The van der Waals surface area contributed by atoms with Crippen LogP contribution in [0.25, 0.3) is 0 Å². The summed E-state index contributed by atoms with van der Waals surface area (Å²) in [4.78, 5) is 13.0. The third kappa shape index (κ3) is 10.6. The molecule has 45 heavy (non-hydrogen) atoms. The van der Waals surface area contributed by atoms with Crippen molar-refractivity contribution < 1.29 is 31.1 Å². The first-order valence-corrected chi connectivity index (χ1v) is 18.3. The van der Waals surface area contributed by atoms with Crippen molar-refractivity contribution in [3.8, 4) is 0 Å². The number of ether oxygens (including phenoxy) is 1. The van der Waals surface area contributed by atoms with Crippen LogP contribution in [0.15, 0.2) is 39.1 Å².